The van der Waals surface area contributed by atoms with Gasteiger partial charge in [0.1, 0.15) is 4.88 Å². The van der Waals surface area contributed by atoms with Crippen LogP contribution in [-0.4, -0.2) is 24.4 Å². The van der Waals surface area contributed by atoms with Crippen molar-refractivity contribution < 1.29 is 19.1 Å². The Morgan fingerprint density at radius 1 is 1.05 bits per heavy atom. The number of esters is 1. The molecule has 0 aliphatic heterocycles. The van der Waals surface area contributed by atoms with Gasteiger partial charge in [0.25, 0.3) is 5.91 Å². The predicted octanol–water partition coefficient (Wildman–Crippen LogP) is 2.50. The molecule has 7 heteroatoms. The van der Waals surface area contributed by atoms with Crippen molar-refractivity contribution in [2.45, 2.75) is 6.92 Å². The summed E-state index contributed by atoms with van der Waals surface area (Å²) < 4.78 is 4.90. The van der Waals surface area contributed by atoms with Crippen molar-refractivity contribution in [2.24, 2.45) is 0 Å². The third-order valence-corrected chi connectivity index (χ3v) is 3.40. The standard InChI is InChI=1S/C15H14N2O4S/c1-10(18)16-11-4-6-12(7-5-11)17-14(19)9-21-15(20)13-3-2-8-22-13/h2-8H,9H2,1H3,(H,16,18)(H,17,19). The van der Waals surface area contributed by atoms with Crippen LogP contribution in [0.3, 0.4) is 0 Å². The number of carbonyl (C=O) groups is 3. The van der Waals surface area contributed by atoms with Crippen LogP contribution >= 0.6 is 11.3 Å². The summed E-state index contributed by atoms with van der Waals surface area (Å²) in [7, 11) is 0. The molecule has 114 valence electrons. The van der Waals surface area contributed by atoms with Gasteiger partial charge in [0, 0.05) is 18.3 Å². The number of ether oxygens (including phenoxy) is 1. The van der Waals surface area contributed by atoms with Crippen LogP contribution in [0.15, 0.2) is 41.8 Å². The summed E-state index contributed by atoms with van der Waals surface area (Å²) in [5.41, 5.74) is 1.18. The summed E-state index contributed by atoms with van der Waals surface area (Å²) >= 11 is 1.25. The number of thiophene rings is 1. The van der Waals surface area contributed by atoms with Crippen LogP contribution in [-0.2, 0) is 14.3 Å². The molecule has 0 radical (unpaired) electrons. The van der Waals surface area contributed by atoms with Gasteiger partial charge in [0.2, 0.25) is 5.91 Å². The van der Waals surface area contributed by atoms with E-state index in [4.69, 9.17) is 4.74 Å². The average molecular weight is 318 g/mol. The minimum atomic E-state index is -0.522. The third kappa shape index (κ3) is 4.71. The highest BCUT2D eigenvalue weighted by molar-refractivity contribution is 7.11. The van der Waals surface area contributed by atoms with Gasteiger partial charge in [-0.2, -0.15) is 0 Å². The lowest BCUT2D eigenvalue weighted by molar-refractivity contribution is -0.119. The van der Waals surface area contributed by atoms with Gasteiger partial charge in [-0.05, 0) is 35.7 Å². The molecule has 2 aromatic rings. The van der Waals surface area contributed by atoms with E-state index < -0.39 is 11.9 Å². The molecule has 2 rings (SSSR count). The van der Waals surface area contributed by atoms with E-state index in [0.717, 1.165) is 0 Å². The fraction of sp³-hybridized carbons (Fsp3) is 0.133. The van der Waals surface area contributed by atoms with E-state index >= 15 is 0 Å². The van der Waals surface area contributed by atoms with E-state index in [-0.39, 0.29) is 12.5 Å². The Kier molecular flexibility index (Phi) is 5.26. The molecule has 2 N–H and O–H groups in total. The molecule has 1 aromatic carbocycles. The number of hydrogen-bond donors (Lipinski definition) is 2. The largest absolute Gasteiger partial charge is 0.451 e. The lowest BCUT2D eigenvalue weighted by Gasteiger charge is -2.07. The summed E-state index contributed by atoms with van der Waals surface area (Å²) in [6, 6.07) is 9.97. The highest BCUT2D eigenvalue weighted by Crippen LogP contribution is 2.14. The van der Waals surface area contributed by atoms with E-state index in [2.05, 4.69) is 10.6 Å². The van der Waals surface area contributed by atoms with Gasteiger partial charge >= 0.3 is 5.97 Å². The monoisotopic (exact) mass is 318 g/mol. The van der Waals surface area contributed by atoms with Gasteiger partial charge in [0.15, 0.2) is 6.61 Å². The average Bonchev–Trinajstić information content (AvgIpc) is 3.00. The maximum absolute atomic E-state index is 11.7. The maximum atomic E-state index is 11.7. The van der Waals surface area contributed by atoms with Crippen molar-refractivity contribution in [3.05, 3.63) is 46.7 Å². The molecule has 1 aromatic heterocycles. The van der Waals surface area contributed by atoms with Crippen molar-refractivity contribution in [1.82, 2.24) is 0 Å². The third-order valence-electron chi connectivity index (χ3n) is 2.55. The first kappa shape index (κ1) is 15.7. The summed E-state index contributed by atoms with van der Waals surface area (Å²) in [6.07, 6.45) is 0. The van der Waals surface area contributed by atoms with Gasteiger partial charge in [-0.15, -0.1) is 11.3 Å². The molecule has 0 bridgehead atoms. The Balaban J connectivity index is 1.81. The van der Waals surface area contributed by atoms with E-state index in [0.29, 0.717) is 16.3 Å². The first-order chi connectivity index (χ1) is 10.5. The summed E-state index contributed by atoms with van der Waals surface area (Å²) in [4.78, 5) is 34.6. The summed E-state index contributed by atoms with van der Waals surface area (Å²) in [6.45, 7) is 1.06. The molecule has 0 saturated heterocycles. The van der Waals surface area contributed by atoms with Crippen molar-refractivity contribution in [1.29, 1.82) is 0 Å². The van der Waals surface area contributed by atoms with Gasteiger partial charge in [-0.1, -0.05) is 6.07 Å². The zero-order valence-electron chi connectivity index (χ0n) is 11.8. The Bertz CT molecular complexity index is 665. The van der Waals surface area contributed by atoms with E-state index in [1.54, 1.807) is 41.8 Å². The topological polar surface area (TPSA) is 84.5 Å². The maximum Gasteiger partial charge on any atom is 0.348 e. The fourth-order valence-corrected chi connectivity index (χ4v) is 2.25. The van der Waals surface area contributed by atoms with Crippen molar-refractivity contribution in [3.8, 4) is 0 Å². The van der Waals surface area contributed by atoms with Crippen LogP contribution < -0.4 is 10.6 Å². The lowest BCUT2D eigenvalue weighted by Crippen LogP contribution is -2.20. The molecule has 0 atom stereocenters. The molecular weight excluding hydrogens is 304 g/mol. The minimum absolute atomic E-state index is 0.169. The van der Waals surface area contributed by atoms with Crippen molar-refractivity contribution in [3.63, 3.8) is 0 Å². The number of nitrogens with one attached hydrogen (secondary N) is 2. The number of anilines is 2. The van der Waals surface area contributed by atoms with Crippen LogP contribution in [0.25, 0.3) is 0 Å². The van der Waals surface area contributed by atoms with Crippen LogP contribution in [0, 0.1) is 0 Å². The van der Waals surface area contributed by atoms with Gasteiger partial charge in [-0.25, -0.2) is 4.79 Å². The predicted molar refractivity (Wildman–Crippen MR) is 84.0 cm³/mol. The molecule has 22 heavy (non-hydrogen) atoms. The second-order valence-electron chi connectivity index (χ2n) is 4.36. The molecule has 0 aliphatic carbocycles. The molecular formula is C15H14N2O4S. The molecule has 0 unspecified atom stereocenters. The second-order valence-corrected chi connectivity index (χ2v) is 5.31. The SMILES string of the molecule is CC(=O)Nc1ccc(NC(=O)COC(=O)c2cccs2)cc1. The zero-order chi connectivity index (χ0) is 15.9. The molecule has 0 spiro atoms. The normalized spacial score (nSPS) is 9.86. The summed E-state index contributed by atoms with van der Waals surface area (Å²) in [5.74, 6) is -1.12. The number of benzene rings is 1. The van der Waals surface area contributed by atoms with Crippen LogP contribution in [0.5, 0.6) is 0 Å². The Morgan fingerprint density at radius 3 is 2.23 bits per heavy atom. The number of carbonyl (C=O) groups excluding carboxylic acids is 3. The van der Waals surface area contributed by atoms with E-state index in [1.807, 2.05) is 0 Å². The quantitative estimate of drug-likeness (QED) is 0.830. The van der Waals surface area contributed by atoms with Gasteiger partial charge < -0.3 is 15.4 Å². The first-order valence-electron chi connectivity index (χ1n) is 6.43. The molecule has 1 heterocycles. The Hall–Kier alpha value is -2.67. The van der Waals surface area contributed by atoms with Crippen LogP contribution in [0.4, 0.5) is 11.4 Å². The van der Waals surface area contributed by atoms with Gasteiger partial charge in [-0.3, -0.25) is 9.59 Å². The zero-order valence-corrected chi connectivity index (χ0v) is 12.6. The minimum Gasteiger partial charge on any atom is -0.451 e. The van der Waals surface area contributed by atoms with E-state index in [9.17, 15) is 14.4 Å². The number of hydrogen-bond acceptors (Lipinski definition) is 5. The second kappa shape index (κ2) is 7.37. The molecule has 0 saturated carbocycles. The van der Waals surface area contributed by atoms with Crippen LogP contribution in [0.2, 0.25) is 0 Å². The van der Waals surface area contributed by atoms with Crippen LogP contribution in [0.1, 0.15) is 16.6 Å². The number of amides is 2. The van der Waals surface area contributed by atoms with Gasteiger partial charge in [0.05, 0.1) is 0 Å². The highest BCUT2D eigenvalue weighted by Gasteiger charge is 2.11. The van der Waals surface area contributed by atoms with Crippen molar-refractivity contribution >= 4 is 40.5 Å². The summed E-state index contributed by atoms with van der Waals surface area (Å²) in [5, 5.41) is 6.98. The smallest absolute Gasteiger partial charge is 0.348 e. The molecule has 6 nitrogen and oxygen atoms in total. The Labute approximate surface area is 131 Å². The molecule has 0 fully saturated rings. The molecule has 2 amide bonds. The Morgan fingerprint density at radius 2 is 1.68 bits per heavy atom. The number of rotatable bonds is 5. The molecule has 0 aliphatic rings. The first-order valence-corrected chi connectivity index (χ1v) is 7.30. The van der Waals surface area contributed by atoms with Crippen molar-refractivity contribution in [2.75, 3.05) is 17.2 Å². The highest BCUT2D eigenvalue weighted by atomic mass is 32.1. The fourth-order valence-electron chi connectivity index (χ4n) is 1.63. The lowest BCUT2D eigenvalue weighted by atomic mass is 10.2. The van der Waals surface area contributed by atoms with E-state index in [1.165, 1.54) is 18.3 Å².